The highest BCUT2D eigenvalue weighted by Gasteiger charge is 2.15. The largest absolute Gasteiger partial charge is 0.384 e. The summed E-state index contributed by atoms with van der Waals surface area (Å²) in [7, 11) is 5.89. The number of aryl methyl sites for hydroxylation is 1. The third kappa shape index (κ3) is 5.14. The Morgan fingerprint density at radius 2 is 2.05 bits per heavy atom. The van der Waals surface area contributed by atoms with Crippen LogP contribution in [0.5, 0.6) is 0 Å². The first kappa shape index (κ1) is 25.2. The van der Waals surface area contributed by atoms with Gasteiger partial charge in [0.05, 0.1) is 22.9 Å². The number of nitrogens with zero attached hydrogens (tertiary/aromatic N) is 5. The van der Waals surface area contributed by atoms with Crippen LogP contribution in [-0.2, 0) is 7.05 Å². The summed E-state index contributed by atoms with van der Waals surface area (Å²) in [4.78, 5) is 10.2. The number of fused-ring (bicyclic) bond motifs is 1. The van der Waals surface area contributed by atoms with Gasteiger partial charge in [-0.25, -0.2) is 4.39 Å². The molecule has 5 aromatic rings. The molecule has 4 heterocycles. The highest BCUT2D eigenvalue weighted by Crippen LogP contribution is 2.31. The number of hydrogen-bond acceptors (Lipinski definition) is 5. The summed E-state index contributed by atoms with van der Waals surface area (Å²) in [5.74, 6) is -0.314. The number of rotatable bonds is 8. The van der Waals surface area contributed by atoms with Gasteiger partial charge in [0.1, 0.15) is 11.5 Å². The minimum atomic E-state index is -0.314. The van der Waals surface area contributed by atoms with E-state index in [0.29, 0.717) is 17.8 Å². The van der Waals surface area contributed by atoms with Crippen molar-refractivity contribution < 1.29 is 4.39 Å². The first-order valence-electron chi connectivity index (χ1n) is 12.4. The van der Waals surface area contributed by atoms with E-state index in [4.69, 9.17) is 0 Å². The van der Waals surface area contributed by atoms with E-state index >= 15 is 0 Å². The lowest BCUT2D eigenvalue weighted by molar-refractivity contribution is 0.425. The number of H-pyrrole nitrogens is 2. The van der Waals surface area contributed by atoms with Crippen molar-refractivity contribution in [3.63, 3.8) is 0 Å². The minimum absolute atomic E-state index is 0.314. The predicted octanol–water partition coefficient (Wildman–Crippen LogP) is 3.76. The number of nitrogens with one attached hydrogen (secondary N) is 3. The van der Waals surface area contributed by atoms with Gasteiger partial charge in [0.2, 0.25) is 0 Å². The minimum Gasteiger partial charge on any atom is -0.384 e. The van der Waals surface area contributed by atoms with Crippen molar-refractivity contribution in [2.24, 2.45) is 7.05 Å². The Morgan fingerprint density at radius 3 is 2.79 bits per heavy atom. The number of hydrogen-bond donors (Lipinski definition) is 3. The van der Waals surface area contributed by atoms with Crippen LogP contribution in [0.4, 0.5) is 10.1 Å². The first-order valence-corrected chi connectivity index (χ1v) is 12.4. The third-order valence-electron chi connectivity index (χ3n) is 6.38. The highest BCUT2D eigenvalue weighted by molar-refractivity contribution is 5.97. The molecule has 0 saturated heterocycles. The molecule has 0 saturated carbocycles. The van der Waals surface area contributed by atoms with E-state index in [2.05, 4.69) is 42.1 Å². The number of halogens is 1. The number of benzene rings is 1. The van der Waals surface area contributed by atoms with E-state index in [9.17, 15) is 4.39 Å². The van der Waals surface area contributed by atoms with Gasteiger partial charge in [0, 0.05) is 65.5 Å². The van der Waals surface area contributed by atoms with Gasteiger partial charge in [-0.05, 0) is 63.0 Å². The molecule has 5 rings (SSSR count). The van der Waals surface area contributed by atoms with Gasteiger partial charge in [-0.15, -0.1) is 0 Å². The lowest BCUT2D eigenvalue weighted by Crippen LogP contribution is -2.23. The van der Waals surface area contributed by atoms with Crippen LogP contribution < -0.4 is 15.9 Å². The van der Waals surface area contributed by atoms with Gasteiger partial charge in [0.15, 0.2) is 0 Å². The van der Waals surface area contributed by atoms with Crippen molar-refractivity contribution in [1.82, 2.24) is 34.8 Å². The van der Waals surface area contributed by atoms with E-state index in [-0.39, 0.29) is 5.82 Å². The smallest absolute Gasteiger partial charge is 0.125 e. The summed E-state index contributed by atoms with van der Waals surface area (Å²) < 4.78 is 16.4. The molecule has 0 radical (unpaired) electrons. The number of aromatic nitrogens is 6. The van der Waals surface area contributed by atoms with Crippen LogP contribution in [0, 0.1) is 5.82 Å². The van der Waals surface area contributed by atoms with Gasteiger partial charge in [-0.3, -0.25) is 14.8 Å². The summed E-state index contributed by atoms with van der Waals surface area (Å²) in [5, 5.41) is 18.0. The monoisotopic (exact) mass is 510 g/mol. The molecular weight excluding hydrogens is 479 g/mol. The fourth-order valence-corrected chi connectivity index (χ4v) is 4.44. The topological polar surface area (TPSA) is 90.4 Å². The summed E-state index contributed by atoms with van der Waals surface area (Å²) in [6, 6.07) is 8.88. The van der Waals surface area contributed by atoms with Gasteiger partial charge in [-0.1, -0.05) is 12.7 Å². The van der Waals surface area contributed by atoms with Crippen LogP contribution >= 0.6 is 0 Å². The third-order valence-corrected chi connectivity index (χ3v) is 6.38. The Labute approximate surface area is 220 Å². The van der Waals surface area contributed by atoms with Crippen molar-refractivity contribution in [2.75, 3.05) is 32.5 Å². The molecule has 9 heteroatoms. The molecule has 0 aliphatic carbocycles. The Bertz CT molecular complexity index is 1740. The van der Waals surface area contributed by atoms with Crippen LogP contribution in [0.3, 0.4) is 0 Å². The number of likely N-dealkylation sites (N-methyl/N-ethyl adjacent to an activating group) is 1. The maximum Gasteiger partial charge on any atom is 0.125 e. The van der Waals surface area contributed by atoms with Gasteiger partial charge in [-0.2, -0.15) is 10.2 Å². The number of allylic oxidation sites excluding steroid dienone is 1. The Kier molecular flexibility index (Phi) is 6.93. The molecule has 3 N–H and O–H groups in total. The van der Waals surface area contributed by atoms with Crippen LogP contribution in [0.2, 0.25) is 0 Å². The zero-order valence-electron chi connectivity index (χ0n) is 22.0. The summed E-state index contributed by atoms with van der Waals surface area (Å²) in [5.41, 5.74) is 6.36. The lowest BCUT2D eigenvalue weighted by Gasteiger charge is -2.12. The maximum atomic E-state index is 14.6. The normalized spacial score (nSPS) is 12.7. The average molecular weight is 511 g/mol. The summed E-state index contributed by atoms with van der Waals surface area (Å²) in [6.07, 6.45) is 9.43. The second kappa shape index (κ2) is 10.5. The molecular formula is C29H31FN8. The van der Waals surface area contributed by atoms with Gasteiger partial charge in [0.25, 0.3) is 0 Å². The summed E-state index contributed by atoms with van der Waals surface area (Å²) >= 11 is 0. The molecule has 38 heavy (non-hydrogen) atoms. The Hall–Kier alpha value is -4.50. The van der Waals surface area contributed by atoms with Crippen LogP contribution in [0.25, 0.3) is 51.3 Å². The molecule has 4 aromatic heterocycles. The molecule has 0 fully saturated rings. The molecule has 194 valence electrons. The van der Waals surface area contributed by atoms with E-state index < -0.39 is 0 Å². The standard InChI is InChI=1S/C29H31FN8/c1-6-25-23(11-18(2)20-16-33-38(5)17-20)29(36-35-25)27-15-24-26(34-27)7-8-32-28(24)19-12-21(30)14-22(13-19)31-9-10-37(3)4/h6-8,11-17,31,34-35H,2,9-10H2,1,3-5H3/b23-11+,25-6+. The number of aromatic amines is 2. The van der Waals surface area contributed by atoms with Crippen molar-refractivity contribution in [3.05, 3.63) is 77.4 Å². The van der Waals surface area contributed by atoms with Crippen LogP contribution in [-0.4, -0.2) is 62.0 Å². The van der Waals surface area contributed by atoms with E-state index in [1.54, 1.807) is 17.1 Å². The average Bonchev–Trinajstić information content (AvgIpc) is 3.61. The molecule has 0 atom stereocenters. The molecule has 0 aliphatic heterocycles. The fourth-order valence-electron chi connectivity index (χ4n) is 4.44. The van der Waals surface area contributed by atoms with Crippen LogP contribution in [0.15, 0.2) is 55.5 Å². The maximum absolute atomic E-state index is 14.6. The van der Waals surface area contributed by atoms with Crippen molar-refractivity contribution in [2.45, 2.75) is 6.92 Å². The predicted molar refractivity (Wildman–Crippen MR) is 152 cm³/mol. The fraction of sp³-hybridized carbons (Fsp3) is 0.207. The molecule has 1 aromatic carbocycles. The molecule has 0 bridgehead atoms. The zero-order chi connectivity index (χ0) is 26.8. The Balaban J connectivity index is 1.57. The molecule has 0 unspecified atom stereocenters. The molecule has 0 amide bonds. The van der Waals surface area contributed by atoms with E-state index in [1.807, 2.05) is 64.6 Å². The van der Waals surface area contributed by atoms with E-state index in [0.717, 1.165) is 56.2 Å². The van der Waals surface area contributed by atoms with Gasteiger partial charge >= 0.3 is 0 Å². The zero-order valence-corrected chi connectivity index (χ0v) is 22.0. The lowest BCUT2D eigenvalue weighted by atomic mass is 10.1. The number of anilines is 1. The SMILES string of the molecule is C=C(/C=c1/c(-c2cc3c(-c4cc(F)cc(NCCN(C)C)c4)nccc3[nH]2)n[nH]/c1=C/C)c1cnn(C)c1. The Morgan fingerprint density at radius 1 is 1.21 bits per heavy atom. The van der Waals surface area contributed by atoms with Crippen molar-refractivity contribution >= 4 is 34.3 Å². The first-order chi connectivity index (χ1) is 18.3. The van der Waals surface area contributed by atoms with Gasteiger partial charge < -0.3 is 15.2 Å². The second-order valence-electron chi connectivity index (χ2n) is 9.52. The highest BCUT2D eigenvalue weighted by atomic mass is 19.1. The number of pyridine rings is 1. The van der Waals surface area contributed by atoms with E-state index in [1.165, 1.54) is 12.1 Å². The van der Waals surface area contributed by atoms with Crippen molar-refractivity contribution in [1.29, 1.82) is 0 Å². The second-order valence-corrected chi connectivity index (χ2v) is 9.52. The quantitative estimate of drug-likeness (QED) is 0.296. The molecule has 0 aliphatic rings. The van der Waals surface area contributed by atoms with Crippen molar-refractivity contribution in [3.8, 4) is 22.6 Å². The van der Waals surface area contributed by atoms with Crippen LogP contribution in [0.1, 0.15) is 12.5 Å². The molecule has 8 nitrogen and oxygen atoms in total. The molecule has 0 spiro atoms. The summed E-state index contributed by atoms with van der Waals surface area (Å²) in [6.45, 7) is 7.75.